The number of pyridine rings is 1. The normalized spacial score (nSPS) is 19.4. The van der Waals surface area contributed by atoms with Gasteiger partial charge in [0.25, 0.3) is 0 Å². The first kappa shape index (κ1) is 11.2. The minimum atomic E-state index is -0.943. The minimum absolute atomic E-state index is 0.240. The van der Waals surface area contributed by atoms with Crippen LogP contribution in [0.2, 0.25) is 0 Å². The lowest BCUT2D eigenvalue weighted by atomic mass is 10.0. The molecule has 1 aliphatic heterocycles. The van der Waals surface area contributed by atoms with Crippen LogP contribution < -0.4 is 5.32 Å². The van der Waals surface area contributed by atoms with Gasteiger partial charge in [-0.15, -0.1) is 10.2 Å². The Hall–Kier alpha value is -1.95. The van der Waals surface area contributed by atoms with Crippen molar-refractivity contribution in [2.75, 3.05) is 13.1 Å². The van der Waals surface area contributed by atoms with E-state index < -0.39 is 5.97 Å². The number of aromatic carboxylic acids is 1. The lowest BCUT2D eigenvalue weighted by Crippen LogP contribution is -2.12. The number of nitrogens with zero attached hydrogens (tertiary/aromatic N) is 3. The van der Waals surface area contributed by atoms with Gasteiger partial charge < -0.3 is 10.4 Å². The second-order valence-electron chi connectivity index (χ2n) is 4.63. The molecule has 1 fully saturated rings. The molecule has 94 valence electrons. The quantitative estimate of drug-likeness (QED) is 0.828. The smallest absolute Gasteiger partial charge is 0.335 e. The predicted molar refractivity (Wildman–Crippen MR) is 64.6 cm³/mol. The number of carboxylic acid groups (broad SMARTS) is 1. The molecule has 0 spiro atoms. The second-order valence-corrected chi connectivity index (χ2v) is 4.63. The summed E-state index contributed by atoms with van der Waals surface area (Å²) in [5.41, 5.74) is 0.833. The number of nitrogens with one attached hydrogen (secondary N) is 1. The molecule has 0 amide bonds. The molecule has 6 nitrogen and oxygen atoms in total. The molecule has 18 heavy (non-hydrogen) atoms. The standard InChI is InChI=1S/C12H14N4O2/c17-12(18)9-2-4-16-10(14-15-11(16)6-9)5-8-1-3-13-7-8/h2,4,6,8,13H,1,3,5,7H2,(H,17,18). The van der Waals surface area contributed by atoms with E-state index in [4.69, 9.17) is 5.11 Å². The van der Waals surface area contributed by atoms with Gasteiger partial charge in [0.1, 0.15) is 5.82 Å². The zero-order valence-electron chi connectivity index (χ0n) is 9.83. The van der Waals surface area contributed by atoms with E-state index in [2.05, 4.69) is 15.5 Å². The van der Waals surface area contributed by atoms with Crippen LogP contribution in [-0.4, -0.2) is 38.8 Å². The number of carbonyl (C=O) groups is 1. The molecule has 0 aliphatic carbocycles. The fraction of sp³-hybridized carbons (Fsp3) is 0.417. The van der Waals surface area contributed by atoms with Gasteiger partial charge in [-0.1, -0.05) is 0 Å². The Balaban J connectivity index is 1.91. The number of hydrogen-bond donors (Lipinski definition) is 2. The van der Waals surface area contributed by atoms with Crippen LogP contribution in [0.4, 0.5) is 0 Å². The van der Waals surface area contributed by atoms with Gasteiger partial charge in [-0.05, 0) is 37.6 Å². The minimum Gasteiger partial charge on any atom is -0.478 e. The summed E-state index contributed by atoms with van der Waals surface area (Å²) in [5.74, 6) is 0.550. The average molecular weight is 246 g/mol. The van der Waals surface area contributed by atoms with Crippen LogP contribution in [0.5, 0.6) is 0 Å². The first-order valence-corrected chi connectivity index (χ1v) is 6.02. The van der Waals surface area contributed by atoms with E-state index in [-0.39, 0.29) is 5.56 Å². The summed E-state index contributed by atoms with van der Waals surface area (Å²) in [6, 6.07) is 3.13. The summed E-state index contributed by atoms with van der Waals surface area (Å²) in [7, 11) is 0. The number of rotatable bonds is 3. The molecule has 0 saturated carbocycles. The van der Waals surface area contributed by atoms with Crippen molar-refractivity contribution in [3.05, 3.63) is 29.7 Å². The third-order valence-corrected chi connectivity index (χ3v) is 3.36. The number of aromatic nitrogens is 3. The Bertz CT molecular complexity index is 587. The van der Waals surface area contributed by atoms with Crippen molar-refractivity contribution in [3.8, 4) is 0 Å². The molecule has 1 atom stereocenters. The van der Waals surface area contributed by atoms with E-state index >= 15 is 0 Å². The number of hydrogen-bond acceptors (Lipinski definition) is 4. The van der Waals surface area contributed by atoms with Crippen molar-refractivity contribution in [2.45, 2.75) is 12.8 Å². The third kappa shape index (κ3) is 1.95. The molecule has 2 N–H and O–H groups in total. The van der Waals surface area contributed by atoms with E-state index in [1.165, 1.54) is 0 Å². The highest BCUT2D eigenvalue weighted by molar-refractivity contribution is 5.88. The van der Waals surface area contributed by atoms with Gasteiger partial charge in [0.2, 0.25) is 0 Å². The monoisotopic (exact) mass is 246 g/mol. The Kier molecular flexibility index (Phi) is 2.71. The molecule has 0 aromatic carbocycles. The van der Waals surface area contributed by atoms with Gasteiger partial charge in [0, 0.05) is 12.6 Å². The van der Waals surface area contributed by atoms with Gasteiger partial charge in [-0.25, -0.2) is 4.79 Å². The molecule has 0 bridgehead atoms. The topological polar surface area (TPSA) is 79.5 Å². The van der Waals surface area contributed by atoms with Crippen LogP contribution in [0.15, 0.2) is 18.3 Å². The van der Waals surface area contributed by atoms with E-state index in [0.29, 0.717) is 11.6 Å². The van der Waals surface area contributed by atoms with Crippen LogP contribution >= 0.6 is 0 Å². The molecule has 1 saturated heterocycles. The summed E-state index contributed by atoms with van der Waals surface area (Å²) in [5, 5.41) is 20.4. The lowest BCUT2D eigenvalue weighted by molar-refractivity contribution is 0.0697. The molecule has 1 unspecified atom stereocenters. The van der Waals surface area contributed by atoms with Crippen molar-refractivity contribution < 1.29 is 9.90 Å². The van der Waals surface area contributed by atoms with Crippen molar-refractivity contribution in [2.24, 2.45) is 5.92 Å². The Labute approximate surface area is 104 Å². The molecular weight excluding hydrogens is 232 g/mol. The summed E-state index contributed by atoms with van der Waals surface area (Å²) in [6.45, 7) is 2.08. The zero-order valence-corrected chi connectivity index (χ0v) is 9.83. The van der Waals surface area contributed by atoms with Crippen LogP contribution in [0, 0.1) is 5.92 Å². The summed E-state index contributed by atoms with van der Waals surface area (Å²) in [6.07, 6.45) is 3.76. The molecule has 3 rings (SSSR count). The lowest BCUT2D eigenvalue weighted by Gasteiger charge is -2.06. The van der Waals surface area contributed by atoms with Gasteiger partial charge in [0.15, 0.2) is 5.65 Å². The molecule has 3 heterocycles. The highest BCUT2D eigenvalue weighted by Crippen LogP contribution is 2.15. The fourth-order valence-corrected chi connectivity index (χ4v) is 2.36. The van der Waals surface area contributed by atoms with Crippen molar-refractivity contribution in [3.63, 3.8) is 0 Å². The van der Waals surface area contributed by atoms with E-state index in [1.54, 1.807) is 18.3 Å². The van der Waals surface area contributed by atoms with Gasteiger partial charge >= 0.3 is 5.97 Å². The zero-order chi connectivity index (χ0) is 12.5. The predicted octanol–water partition coefficient (Wildman–Crippen LogP) is 0.579. The fourth-order valence-electron chi connectivity index (χ4n) is 2.36. The van der Waals surface area contributed by atoms with Gasteiger partial charge in [-0.2, -0.15) is 0 Å². The summed E-state index contributed by atoms with van der Waals surface area (Å²) in [4.78, 5) is 10.9. The van der Waals surface area contributed by atoms with E-state index in [0.717, 1.165) is 31.8 Å². The third-order valence-electron chi connectivity index (χ3n) is 3.36. The summed E-state index contributed by atoms with van der Waals surface area (Å²) < 4.78 is 1.87. The maximum absolute atomic E-state index is 10.9. The van der Waals surface area contributed by atoms with E-state index in [9.17, 15) is 4.79 Å². The molecule has 6 heteroatoms. The average Bonchev–Trinajstić information content (AvgIpc) is 2.99. The Morgan fingerprint density at radius 3 is 3.17 bits per heavy atom. The number of fused-ring (bicyclic) bond motifs is 1. The second kappa shape index (κ2) is 4.38. The molecule has 1 aliphatic rings. The number of carboxylic acids is 1. The Morgan fingerprint density at radius 2 is 2.44 bits per heavy atom. The van der Waals surface area contributed by atoms with Gasteiger partial charge in [0.05, 0.1) is 5.56 Å². The van der Waals surface area contributed by atoms with Gasteiger partial charge in [-0.3, -0.25) is 4.40 Å². The van der Waals surface area contributed by atoms with Crippen LogP contribution in [-0.2, 0) is 6.42 Å². The molecule has 2 aromatic heterocycles. The van der Waals surface area contributed by atoms with Crippen molar-refractivity contribution >= 4 is 11.6 Å². The Morgan fingerprint density at radius 1 is 1.56 bits per heavy atom. The van der Waals surface area contributed by atoms with Crippen LogP contribution in [0.1, 0.15) is 22.6 Å². The molecular formula is C12H14N4O2. The van der Waals surface area contributed by atoms with Crippen LogP contribution in [0.25, 0.3) is 5.65 Å². The largest absolute Gasteiger partial charge is 0.478 e. The first-order valence-electron chi connectivity index (χ1n) is 6.02. The highest BCUT2D eigenvalue weighted by atomic mass is 16.4. The highest BCUT2D eigenvalue weighted by Gasteiger charge is 2.18. The van der Waals surface area contributed by atoms with Crippen molar-refractivity contribution in [1.29, 1.82) is 0 Å². The van der Waals surface area contributed by atoms with E-state index in [1.807, 2.05) is 4.40 Å². The maximum atomic E-state index is 10.9. The summed E-state index contributed by atoms with van der Waals surface area (Å²) >= 11 is 0. The maximum Gasteiger partial charge on any atom is 0.335 e. The van der Waals surface area contributed by atoms with Crippen LogP contribution in [0.3, 0.4) is 0 Å². The molecule has 2 aromatic rings. The van der Waals surface area contributed by atoms with Crippen molar-refractivity contribution in [1.82, 2.24) is 19.9 Å². The first-order chi connectivity index (χ1) is 8.74. The molecule has 0 radical (unpaired) electrons. The SMILES string of the molecule is O=C(O)c1ccn2c(CC3CCNC3)nnc2c1.